The van der Waals surface area contributed by atoms with E-state index >= 15 is 0 Å². The lowest BCUT2D eigenvalue weighted by Gasteiger charge is -2.14. The Hall–Kier alpha value is -2.24. The van der Waals surface area contributed by atoms with Crippen LogP contribution in [0.2, 0.25) is 20.1 Å². The molecule has 0 saturated heterocycles. The molecule has 2 N–H and O–H groups in total. The number of anilines is 2. The minimum absolute atomic E-state index is 0.324. The Bertz CT molecular complexity index is 992. The SMILES string of the molecule is Cc1c(NC(=O)c2cc(Cl)cc(Cl)c2)cccc1NC(=O)c1cc(Cl)cc(Cl)c1. The second kappa shape index (κ2) is 9.06. The average Bonchev–Trinajstić information content (AvgIpc) is 2.63. The fourth-order valence-electron chi connectivity index (χ4n) is 2.67. The smallest absolute Gasteiger partial charge is 0.255 e. The van der Waals surface area contributed by atoms with E-state index in [1.165, 1.54) is 24.3 Å². The van der Waals surface area contributed by atoms with Crippen LogP contribution in [-0.2, 0) is 0 Å². The predicted octanol–water partition coefficient (Wildman–Crippen LogP) is 7.11. The summed E-state index contributed by atoms with van der Waals surface area (Å²) in [6, 6.07) is 14.3. The molecule has 0 spiro atoms. The number of hydrogen-bond acceptors (Lipinski definition) is 2. The number of benzene rings is 3. The van der Waals surface area contributed by atoms with E-state index in [9.17, 15) is 9.59 Å². The summed E-state index contributed by atoms with van der Waals surface area (Å²) < 4.78 is 0. The summed E-state index contributed by atoms with van der Waals surface area (Å²) >= 11 is 23.8. The Kier molecular flexibility index (Phi) is 6.70. The van der Waals surface area contributed by atoms with Gasteiger partial charge in [-0.1, -0.05) is 52.5 Å². The van der Waals surface area contributed by atoms with Crippen molar-refractivity contribution in [3.05, 3.63) is 91.4 Å². The molecule has 0 fully saturated rings. The van der Waals surface area contributed by atoms with Crippen LogP contribution in [0.5, 0.6) is 0 Å². The molecule has 29 heavy (non-hydrogen) atoms. The fraction of sp³-hybridized carbons (Fsp3) is 0.0476. The highest BCUT2D eigenvalue weighted by Gasteiger charge is 2.14. The highest BCUT2D eigenvalue weighted by atomic mass is 35.5. The average molecular weight is 468 g/mol. The van der Waals surface area contributed by atoms with E-state index in [4.69, 9.17) is 46.4 Å². The highest BCUT2D eigenvalue weighted by Crippen LogP contribution is 2.26. The molecule has 2 amide bonds. The van der Waals surface area contributed by atoms with Gasteiger partial charge in [0, 0.05) is 42.6 Å². The van der Waals surface area contributed by atoms with Gasteiger partial charge in [0.05, 0.1) is 0 Å². The van der Waals surface area contributed by atoms with Gasteiger partial charge in [-0.2, -0.15) is 0 Å². The van der Waals surface area contributed by atoms with Crippen LogP contribution in [0.3, 0.4) is 0 Å². The molecule has 0 unspecified atom stereocenters. The molecule has 0 atom stereocenters. The molecule has 0 saturated carbocycles. The molecule has 148 valence electrons. The van der Waals surface area contributed by atoms with Crippen LogP contribution in [0.25, 0.3) is 0 Å². The van der Waals surface area contributed by atoms with Crippen molar-refractivity contribution in [2.24, 2.45) is 0 Å². The molecule has 3 aromatic rings. The van der Waals surface area contributed by atoms with Crippen LogP contribution in [-0.4, -0.2) is 11.8 Å². The molecular weight excluding hydrogens is 454 g/mol. The molecular formula is C21H14Cl4N2O2. The first-order chi connectivity index (χ1) is 13.7. The molecule has 3 aromatic carbocycles. The molecule has 3 rings (SSSR count). The van der Waals surface area contributed by atoms with Gasteiger partial charge in [0.2, 0.25) is 0 Å². The fourth-order valence-corrected chi connectivity index (χ4v) is 3.72. The zero-order valence-corrected chi connectivity index (χ0v) is 18.0. The summed E-state index contributed by atoms with van der Waals surface area (Å²) in [6.07, 6.45) is 0. The molecule has 0 radical (unpaired) electrons. The second-order valence-corrected chi connectivity index (χ2v) is 7.95. The molecule has 0 aliphatic rings. The number of amides is 2. The number of carbonyl (C=O) groups is 2. The lowest BCUT2D eigenvalue weighted by Crippen LogP contribution is -2.16. The third-order valence-corrected chi connectivity index (χ3v) is 4.95. The Morgan fingerprint density at radius 1 is 0.655 bits per heavy atom. The number of hydrogen-bond donors (Lipinski definition) is 2. The molecule has 0 aromatic heterocycles. The first-order valence-electron chi connectivity index (χ1n) is 8.37. The molecule has 0 aliphatic heterocycles. The van der Waals surface area contributed by atoms with Crippen molar-refractivity contribution in [2.75, 3.05) is 10.6 Å². The maximum atomic E-state index is 12.6. The van der Waals surface area contributed by atoms with E-state index in [1.54, 1.807) is 37.3 Å². The standard InChI is InChI=1S/C21H14Cl4N2O2/c1-11-18(26-20(28)12-5-14(22)9-15(23)6-12)3-2-4-19(11)27-21(29)13-7-16(24)10-17(25)8-13/h2-10H,1H3,(H,26,28)(H,27,29). The van der Waals surface area contributed by atoms with Crippen molar-refractivity contribution >= 4 is 69.6 Å². The molecule has 4 nitrogen and oxygen atoms in total. The number of carbonyl (C=O) groups excluding carboxylic acids is 2. The Balaban J connectivity index is 1.82. The van der Waals surface area contributed by atoms with E-state index in [0.717, 1.165) is 0 Å². The van der Waals surface area contributed by atoms with Crippen LogP contribution in [0.15, 0.2) is 54.6 Å². The summed E-state index contributed by atoms with van der Waals surface area (Å²) in [5, 5.41) is 7.05. The first kappa shape index (κ1) is 21.5. The van der Waals surface area contributed by atoms with Gasteiger partial charge in [-0.05, 0) is 61.0 Å². The van der Waals surface area contributed by atoms with E-state index in [-0.39, 0.29) is 11.8 Å². The number of rotatable bonds is 4. The Morgan fingerprint density at radius 2 is 1.00 bits per heavy atom. The minimum Gasteiger partial charge on any atom is -0.322 e. The van der Waals surface area contributed by atoms with Crippen LogP contribution >= 0.6 is 46.4 Å². The summed E-state index contributed by atoms with van der Waals surface area (Å²) in [7, 11) is 0. The quantitative estimate of drug-likeness (QED) is 0.429. The van der Waals surface area contributed by atoms with Crippen molar-refractivity contribution in [3.63, 3.8) is 0 Å². The third-order valence-electron chi connectivity index (χ3n) is 4.08. The van der Waals surface area contributed by atoms with Gasteiger partial charge < -0.3 is 10.6 Å². The molecule has 0 aliphatic carbocycles. The summed E-state index contributed by atoms with van der Waals surface area (Å²) in [5.41, 5.74) is 2.39. The summed E-state index contributed by atoms with van der Waals surface area (Å²) in [6.45, 7) is 1.78. The van der Waals surface area contributed by atoms with E-state index < -0.39 is 0 Å². The molecule has 0 heterocycles. The Morgan fingerprint density at radius 3 is 1.34 bits per heavy atom. The van der Waals surface area contributed by atoms with Crippen molar-refractivity contribution in [1.29, 1.82) is 0 Å². The Labute approximate surface area is 187 Å². The number of halogens is 4. The van der Waals surface area contributed by atoms with Gasteiger partial charge >= 0.3 is 0 Å². The van der Waals surface area contributed by atoms with Gasteiger partial charge in [-0.15, -0.1) is 0 Å². The van der Waals surface area contributed by atoms with Crippen molar-refractivity contribution in [2.45, 2.75) is 6.92 Å². The van der Waals surface area contributed by atoms with Gasteiger partial charge in [0.25, 0.3) is 11.8 Å². The van der Waals surface area contributed by atoms with Crippen LogP contribution in [0.1, 0.15) is 26.3 Å². The van der Waals surface area contributed by atoms with E-state index in [1.807, 2.05) is 0 Å². The lowest BCUT2D eigenvalue weighted by molar-refractivity contribution is 0.101. The zero-order valence-electron chi connectivity index (χ0n) is 15.0. The van der Waals surface area contributed by atoms with Crippen LogP contribution in [0.4, 0.5) is 11.4 Å². The van der Waals surface area contributed by atoms with Crippen molar-refractivity contribution in [1.82, 2.24) is 0 Å². The van der Waals surface area contributed by atoms with Gasteiger partial charge in [-0.3, -0.25) is 9.59 Å². The van der Waals surface area contributed by atoms with Gasteiger partial charge in [0.1, 0.15) is 0 Å². The normalized spacial score (nSPS) is 10.5. The van der Waals surface area contributed by atoms with Gasteiger partial charge in [0.15, 0.2) is 0 Å². The van der Waals surface area contributed by atoms with Crippen molar-refractivity contribution < 1.29 is 9.59 Å². The van der Waals surface area contributed by atoms with Crippen LogP contribution in [0, 0.1) is 6.92 Å². The predicted molar refractivity (Wildman–Crippen MR) is 120 cm³/mol. The number of nitrogens with one attached hydrogen (secondary N) is 2. The topological polar surface area (TPSA) is 58.2 Å². The summed E-state index contributed by atoms with van der Waals surface area (Å²) in [4.78, 5) is 25.1. The van der Waals surface area contributed by atoms with Gasteiger partial charge in [-0.25, -0.2) is 0 Å². The third kappa shape index (κ3) is 5.43. The maximum absolute atomic E-state index is 12.6. The maximum Gasteiger partial charge on any atom is 0.255 e. The largest absolute Gasteiger partial charge is 0.322 e. The molecule has 8 heteroatoms. The second-order valence-electron chi connectivity index (χ2n) is 6.20. The van der Waals surface area contributed by atoms with E-state index in [2.05, 4.69) is 10.6 Å². The highest BCUT2D eigenvalue weighted by molar-refractivity contribution is 6.36. The van der Waals surface area contributed by atoms with E-state index in [0.29, 0.717) is 48.2 Å². The molecule has 0 bridgehead atoms. The monoisotopic (exact) mass is 466 g/mol. The lowest BCUT2D eigenvalue weighted by atomic mass is 10.1. The minimum atomic E-state index is -0.373. The summed E-state index contributed by atoms with van der Waals surface area (Å²) in [5.74, 6) is -0.745. The van der Waals surface area contributed by atoms with Crippen molar-refractivity contribution in [3.8, 4) is 0 Å². The first-order valence-corrected chi connectivity index (χ1v) is 9.88. The zero-order chi connectivity index (χ0) is 21.1. The van der Waals surface area contributed by atoms with Crippen LogP contribution < -0.4 is 10.6 Å².